The summed E-state index contributed by atoms with van der Waals surface area (Å²) in [5.74, 6) is 1.27. The van der Waals surface area contributed by atoms with Crippen molar-refractivity contribution in [2.45, 2.75) is 13.8 Å². The zero-order valence-corrected chi connectivity index (χ0v) is 14.0. The average Bonchev–Trinajstić information content (AvgIpc) is 2.55. The van der Waals surface area contributed by atoms with Crippen LogP contribution in [-0.2, 0) is 0 Å². The van der Waals surface area contributed by atoms with Crippen LogP contribution in [0.1, 0.15) is 22.8 Å². The highest BCUT2D eigenvalue weighted by Gasteiger charge is 2.08. The van der Waals surface area contributed by atoms with E-state index in [9.17, 15) is 4.79 Å². The Morgan fingerprint density at radius 2 is 1.91 bits per heavy atom. The Hall–Kier alpha value is -2.20. The number of para-hydroxylation sites is 1. The van der Waals surface area contributed by atoms with Gasteiger partial charge in [0.25, 0.3) is 5.91 Å². The molecule has 122 valence electrons. The first-order chi connectivity index (χ1) is 11.1. The summed E-state index contributed by atoms with van der Waals surface area (Å²) in [4.78, 5) is 12.1. The summed E-state index contributed by atoms with van der Waals surface area (Å²) in [6.07, 6.45) is 0. The number of hydrogen-bond acceptors (Lipinski definition) is 3. The van der Waals surface area contributed by atoms with Gasteiger partial charge in [0.1, 0.15) is 18.1 Å². The molecule has 0 unspecified atom stereocenters. The molecule has 0 aliphatic heterocycles. The van der Waals surface area contributed by atoms with E-state index in [1.807, 2.05) is 38.1 Å². The molecule has 4 nitrogen and oxygen atoms in total. The van der Waals surface area contributed by atoms with Crippen molar-refractivity contribution < 1.29 is 14.3 Å². The zero-order chi connectivity index (χ0) is 16.7. The van der Waals surface area contributed by atoms with Gasteiger partial charge >= 0.3 is 0 Å². The Labute approximate surface area is 141 Å². The first kappa shape index (κ1) is 17.2. The van der Waals surface area contributed by atoms with Gasteiger partial charge in [-0.3, -0.25) is 4.79 Å². The number of hydrogen-bond donors (Lipinski definition) is 1. The number of ether oxygens (including phenoxy) is 2. The van der Waals surface area contributed by atoms with Gasteiger partial charge in [-0.1, -0.05) is 23.7 Å². The molecule has 0 aromatic heterocycles. The maximum absolute atomic E-state index is 12.1. The first-order valence-electron chi connectivity index (χ1n) is 7.50. The van der Waals surface area contributed by atoms with Crippen molar-refractivity contribution in [2.75, 3.05) is 19.8 Å². The second kappa shape index (κ2) is 8.44. The predicted molar refractivity (Wildman–Crippen MR) is 91.6 cm³/mol. The highest BCUT2D eigenvalue weighted by atomic mass is 35.5. The molecular weight excluding hydrogens is 314 g/mol. The van der Waals surface area contributed by atoms with E-state index >= 15 is 0 Å². The minimum absolute atomic E-state index is 0.140. The molecule has 0 aliphatic rings. The van der Waals surface area contributed by atoms with Crippen molar-refractivity contribution in [2.24, 2.45) is 0 Å². The number of halogens is 1. The van der Waals surface area contributed by atoms with Crippen LogP contribution in [0.5, 0.6) is 11.5 Å². The molecule has 0 fully saturated rings. The van der Waals surface area contributed by atoms with Crippen LogP contribution >= 0.6 is 11.6 Å². The molecule has 23 heavy (non-hydrogen) atoms. The Bertz CT molecular complexity index is 673. The van der Waals surface area contributed by atoms with Crippen LogP contribution < -0.4 is 14.8 Å². The molecule has 2 aromatic carbocycles. The lowest BCUT2D eigenvalue weighted by Crippen LogP contribution is -2.28. The molecule has 1 N–H and O–H groups in total. The van der Waals surface area contributed by atoms with E-state index in [2.05, 4.69) is 5.32 Å². The van der Waals surface area contributed by atoms with Crippen molar-refractivity contribution in [3.05, 3.63) is 58.6 Å². The number of carbonyl (C=O) groups is 1. The van der Waals surface area contributed by atoms with Crippen molar-refractivity contribution in [1.29, 1.82) is 0 Å². The summed E-state index contributed by atoms with van der Waals surface area (Å²) in [5, 5.41) is 3.38. The molecule has 0 radical (unpaired) electrons. The van der Waals surface area contributed by atoms with Crippen molar-refractivity contribution in [3.63, 3.8) is 0 Å². The molecule has 1 amide bonds. The van der Waals surface area contributed by atoms with Crippen LogP contribution in [0.4, 0.5) is 0 Å². The van der Waals surface area contributed by atoms with Gasteiger partial charge in [0.2, 0.25) is 0 Å². The van der Waals surface area contributed by atoms with Gasteiger partial charge in [-0.15, -0.1) is 0 Å². The lowest BCUT2D eigenvalue weighted by molar-refractivity contribution is 0.0947. The molecule has 0 bridgehead atoms. The fourth-order valence-corrected chi connectivity index (χ4v) is 2.29. The largest absolute Gasteiger partial charge is 0.494 e. The predicted octanol–water partition coefficient (Wildman–Crippen LogP) is 3.86. The summed E-state index contributed by atoms with van der Waals surface area (Å²) in [5.41, 5.74) is 1.54. The molecule has 0 heterocycles. The lowest BCUT2D eigenvalue weighted by atomic mass is 10.1. The smallest absolute Gasteiger partial charge is 0.251 e. The topological polar surface area (TPSA) is 47.6 Å². The van der Waals surface area contributed by atoms with E-state index in [4.69, 9.17) is 21.1 Å². The molecular formula is C18H20ClNO3. The van der Waals surface area contributed by atoms with Crippen molar-refractivity contribution >= 4 is 17.5 Å². The Morgan fingerprint density at radius 3 is 2.61 bits per heavy atom. The van der Waals surface area contributed by atoms with Crippen molar-refractivity contribution in [1.82, 2.24) is 5.32 Å². The number of amides is 1. The SMILES string of the molecule is CCOc1ccc(C(=O)NCCOc2ccccc2Cl)cc1C. The van der Waals surface area contributed by atoms with Gasteiger partial charge in [-0.2, -0.15) is 0 Å². The summed E-state index contributed by atoms with van der Waals surface area (Å²) in [6, 6.07) is 12.6. The second-order valence-corrected chi connectivity index (χ2v) is 5.36. The highest BCUT2D eigenvalue weighted by Crippen LogP contribution is 2.22. The van der Waals surface area contributed by atoms with Gasteiger partial charge in [0.05, 0.1) is 18.2 Å². The van der Waals surface area contributed by atoms with E-state index in [-0.39, 0.29) is 5.91 Å². The normalized spacial score (nSPS) is 10.2. The van der Waals surface area contributed by atoms with Gasteiger partial charge in [0, 0.05) is 5.56 Å². The summed E-state index contributed by atoms with van der Waals surface area (Å²) >= 11 is 6.00. The first-order valence-corrected chi connectivity index (χ1v) is 7.88. The molecule has 0 atom stereocenters. The maximum atomic E-state index is 12.1. The third-order valence-electron chi connectivity index (χ3n) is 3.22. The fourth-order valence-electron chi connectivity index (χ4n) is 2.10. The van der Waals surface area contributed by atoms with E-state index in [1.165, 1.54) is 0 Å². The van der Waals surface area contributed by atoms with Crippen LogP contribution in [0, 0.1) is 6.92 Å². The highest BCUT2D eigenvalue weighted by molar-refractivity contribution is 6.32. The van der Waals surface area contributed by atoms with Crippen LogP contribution in [-0.4, -0.2) is 25.7 Å². The van der Waals surface area contributed by atoms with Crippen LogP contribution in [0.3, 0.4) is 0 Å². The third kappa shape index (κ3) is 4.89. The number of rotatable bonds is 7. The van der Waals surface area contributed by atoms with Gasteiger partial charge in [-0.05, 0) is 49.7 Å². The monoisotopic (exact) mass is 333 g/mol. The summed E-state index contributed by atoms with van der Waals surface area (Å²) < 4.78 is 11.0. The minimum Gasteiger partial charge on any atom is -0.494 e. The average molecular weight is 334 g/mol. The lowest BCUT2D eigenvalue weighted by Gasteiger charge is -2.11. The van der Waals surface area contributed by atoms with E-state index in [0.717, 1.165) is 11.3 Å². The quantitative estimate of drug-likeness (QED) is 0.783. The number of benzene rings is 2. The Balaban J connectivity index is 1.83. The van der Waals surface area contributed by atoms with Crippen LogP contribution in [0.2, 0.25) is 5.02 Å². The van der Waals surface area contributed by atoms with Crippen molar-refractivity contribution in [3.8, 4) is 11.5 Å². The molecule has 0 spiro atoms. The van der Waals surface area contributed by atoms with Gasteiger partial charge in [0.15, 0.2) is 0 Å². The van der Waals surface area contributed by atoms with E-state index in [0.29, 0.717) is 36.1 Å². The Morgan fingerprint density at radius 1 is 1.13 bits per heavy atom. The molecule has 0 saturated heterocycles. The fraction of sp³-hybridized carbons (Fsp3) is 0.278. The molecule has 0 saturated carbocycles. The molecule has 5 heteroatoms. The number of carbonyl (C=O) groups excluding carboxylic acids is 1. The minimum atomic E-state index is -0.140. The van der Waals surface area contributed by atoms with E-state index in [1.54, 1.807) is 18.2 Å². The second-order valence-electron chi connectivity index (χ2n) is 4.95. The summed E-state index contributed by atoms with van der Waals surface area (Å²) in [7, 11) is 0. The molecule has 2 aromatic rings. The Kier molecular flexibility index (Phi) is 6.29. The molecule has 2 rings (SSSR count). The maximum Gasteiger partial charge on any atom is 0.251 e. The van der Waals surface area contributed by atoms with Gasteiger partial charge in [-0.25, -0.2) is 0 Å². The number of nitrogens with one attached hydrogen (secondary N) is 1. The van der Waals surface area contributed by atoms with E-state index < -0.39 is 0 Å². The molecule has 0 aliphatic carbocycles. The summed E-state index contributed by atoms with van der Waals surface area (Å²) in [6.45, 7) is 5.20. The van der Waals surface area contributed by atoms with Crippen LogP contribution in [0.15, 0.2) is 42.5 Å². The number of aryl methyl sites for hydroxylation is 1. The van der Waals surface area contributed by atoms with Gasteiger partial charge < -0.3 is 14.8 Å². The zero-order valence-electron chi connectivity index (χ0n) is 13.3. The third-order valence-corrected chi connectivity index (χ3v) is 3.53. The standard InChI is InChI=1S/C18H20ClNO3/c1-3-22-16-9-8-14(12-13(16)2)18(21)20-10-11-23-17-7-5-4-6-15(17)19/h4-9,12H,3,10-11H2,1-2H3,(H,20,21). The van der Waals surface area contributed by atoms with Crippen LogP contribution in [0.25, 0.3) is 0 Å².